The lowest BCUT2D eigenvalue weighted by Gasteiger charge is -2.48. The molecule has 1 aliphatic heterocycles. The first kappa shape index (κ1) is 18.7. The number of imide groups is 1. The van der Waals surface area contributed by atoms with Crippen LogP contribution in [0.15, 0.2) is 72.8 Å². The highest BCUT2D eigenvalue weighted by atomic mass is 127. The van der Waals surface area contributed by atoms with Crippen LogP contribution in [-0.4, -0.2) is 16.7 Å². The Morgan fingerprint density at radius 1 is 0.871 bits per heavy atom. The van der Waals surface area contributed by atoms with E-state index in [-0.39, 0.29) is 16.7 Å². The van der Waals surface area contributed by atoms with Gasteiger partial charge >= 0.3 is 0 Å². The lowest BCUT2D eigenvalue weighted by Crippen LogP contribution is -2.57. The molecule has 0 saturated carbocycles. The predicted octanol–water partition coefficient (Wildman–Crippen LogP) is 4.08. The number of rotatable bonds is 2. The molecule has 2 atom stereocenters. The van der Waals surface area contributed by atoms with Crippen molar-refractivity contribution in [3.8, 4) is 0 Å². The number of carbonyl (C=O) groups is 2. The standard InChI is InChI=1S/C24H15IN2O4/c25-13-6-5-7-14(12-13)26-22(28)20-19-15-8-1-3-10-17(15)24(27(30)31,21(20)23(26)29)18-11-4-2-9-16(18)19/h1-12,19-21H/t19?,20-,21+,24?/m1/s1. The Bertz CT molecular complexity index is 1270. The molecular formula is C24H15IN2O4. The van der Waals surface area contributed by atoms with Gasteiger partial charge in [-0.05, 0) is 51.9 Å². The average molecular weight is 522 g/mol. The van der Waals surface area contributed by atoms with Crippen LogP contribution >= 0.6 is 22.6 Å². The largest absolute Gasteiger partial charge is 0.285 e. The second kappa shape index (κ2) is 6.23. The second-order valence-corrected chi connectivity index (χ2v) is 9.42. The van der Waals surface area contributed by atoms with Crippen LogP contribution in [-0.2, 0) is 15.1 Å². The number of amides is 2. The first-order valence-corrected chi connectivity index (χ1v) is 11.0. The third-order valence-corrected chi connectivity index (χ3v) is 7.60. The van der Waals surface area contributed by atoms with E-state index in [1.807, 2.05) is 30.3 Å². The Kier molecular flexibility index (Phi) is 3.75. The van der Waals surface area contributed by atoms with Gasteiger partial charge in [0, 0.05) is 25.5 Å². The minimum absolute atomic E-state index is 0.346. The number of carbonyl (C=O) groups excluding carboxylic acids is 2. The van der Waals surface area contributed by atoms with Gasteiger partial charge in [0.2, 0.25) is 11.8 Å². The first-order valence-electron chi connectivity index (χ1n) is 9.94. The van der Waals surface area contributed by atoms with E-state index in [0.29, 0.717) is 16.8 Å². The molecule has 0 spiro atoms. The Labute approximate surface area is 191 Å². The highest BCUT2D eigenvalue weighted by Crippen LogP contribution is 2.64. The van der Waals surface area contributed by atoms with Crippen LogP contribution in [0.2, 0.25) is 0 Å². The Hall–Kier alpha value is -3.07. The summed E-state index contributed by atoms with van der Waals surface area (Å²) in [5, 5.41) is 12.9. The summed E-state index contributed by atoms with van der Waals surface area (Å²) in [5.74, 6) is -3.13. The van der Waals surface area contributed by atoms with Crippen molar-refractivity contribution in [2.24, 2.45) is 11.8 Å². The van der Waals surface area contributed by atoms with Crippen molar-refractivity contribution in [1.82, 2.24) is 0 Å². The Balaban J connectivity index is 1.68. The number of nitrogens with zero attached hydrogens (tertiary/aromatic N) is 2. The smallest absolute Gasteiger partial charge is 0.274 e. The van der Waals surface area contributed by atoms with E-state index in [2.05, 4.69) is 22.6 Å². The van der Waals surface area contributed by atoms with Crippen LogP contribution in [0.1, 0.15) is 28.2 Å². The van der Waals surface area contributed by atoms with Gasteiger partial charge in [0.05, 0.1) is 11.6 Å². The number of nitro groups is 1. The van der Waals surface area contributed by atoms with Crippen LogP contribution in [0.25, 0.3) is 0 Å². The number of benzene rings is 3. The predicted molar refractivity (Wildman–Crippen MR) is 121 cm³/mol. The van der Waals surface area contributed by atoms with E-state index < -0.39 is 23.3 Å². The fourth-order valence-corrected chi connectivity index (χ4v) is 6.44. The summed E-state index contributed by atoms with van der Waals surface area (Å²) >= 11 is 2.12. The van der Waals surface area contributed by atoms with Gasteiger partial charge in [0.15, 0.2) is 0 Å². The maximum atomic E-state index is 13.8. The van der Waals surface area contributed by atoms with Crippen LogP contribution in [0, 0.1) is 25.5 Å². The molecule has 7 rings (SSSR count). The number of anilines is 1. The molecule has 1 heterocycles. The monoisotopic (exact) mass is 522 g/mol. The molecule has 4 aliphatic rings. The molecule has 1 fully saturated rings. The summed E-state index contributed by atoms with van der Waals surface area (Å²) in [4.78, 5) is 41.2. The van der Waals surface area contributed by atoms with Crippen molar-refractivity contribution in [3.63, 3.8) is 0 Å². The molecule has 0 unspecified atom stereocenters. The normalized spacial score (nSPS) is 27.6. The summed E-state index contributed by atoms with van der Waals surface area (Å²) in [6, 6.07) is 21.5. The van der Waals surface area contributed by atoms with Gasteiger partial charge in [-0.15, -0.1) is 0 Å². The highest BCUT2D eigenvalue weighted by Gasteiger charge is 2.74. The third kappa shape index (κ3) is 2.12. The van der Waals surface area contributed by atoms with Crippen molar-refractivity contribution in [1.29, 1.82) is 0 Å². The summed E-state index contributed by atoms with van der Waals surface area (Å²) in [7, 11) is 0. The van der Waals surface area contributed by atoms with E-state index in [9.17, 15) is 19.7 Å². The topological polar surface area (TPSA) is 80.5 Å². The summed E-state index contributed by atoms with van der Waals surface area (Å²) < 4.78 is 0.879. The lowest BCUT2D eigenvalue weighted by molar-refractivity contribution is -0.578. The first-order chi connectivity index (χ1) is 15.0. The van der Waals surface area contributed by atoms with Crippen LogP contribution in [0.4, 0.5) is 5.69 Å². The zero-order chi connectivity index (χ0) is 21.5. The average Bonchev–Trinajstić information content (AvgIpc) is 3.04. The highest BCUT2D eigenvalue weighted by molar-refractivity contribution is 14.1. The summed E-state index contributed by atoms with van der Waals surface area (Å²) in [6.07, 6.45) is 0. The molecule has 7 heteroatoms. The second-order valence-electron chi connectivity index (χ2n) is 8.17. The van der Waals surface area contributed by atoms with Crippen LogP contribution in [0.3, 0.4) is 0 Å². The minimum Gasteiger partial charge on any atom is -0.274 e. The summed E-state index contributed by atoms with van der Waals surface area (Å²) in [5.41, 5.74) is 1.26. The van der Waals surface area contributed by atoms with E-state index in [4.69, 9.17) is 0 Å². The fourth-order valence-electron chi connectivity index (χ4n) is 5.91. The summed E-state index contributed by atoms with van der Waals surface area (Å²) in [6.45, 7) is 0. The van der Waals surface area contributed by atoms with Gasteiger partial charge in [-0.2, -0.15) is 0 Å². The fraction of sp³-hybridized carbons (Fsp3) is 0.167. The Morgan fingerprint density at radius 2 is 1.48 bits per heavy atom. The molecular weight excluding hydrogens is 507 g/mol. The van der Waals surface area contributed by atoms with Gasteiger partial charge in [-0.3, -0.25) is 19.7 Å². The maximum Gasteiger partial charge on any atom is 0.285 e. The molecule has 0 aromatic heterocycles. The minimum atomic E-state index is -1.78. The molecule has 152 valence electrons. The maximum absolute atomic E-state index is 13.8. The molecule has 0 N–H and O–H groups in total. The van der Waals surface area contributed by atoms with Crippen molar-refractivity contribution in [3.05, 3.63) is 109 Å². The number of halogens is 1. The van der Waals surface area contributed by atoms with E-state index in [0.717, 1.165) is 14.7 Å². The molecule has 2 amide bonds. The van der Waals surface area contributed by atoms with Crippen molar-refractivity contribution in [2.45, 2.75) is 11.5 Å². The SMILES string of the molecule is O=C1[C@@H]2C3c4ccccc4C([N+](=O)[O-])(c4ccccc43)[C@@H]2C(=O)N1c1cccc(I)c1. The van der Waals surface area contributed by atoms with Gasteiger partial charge in [-0.25, -0.2) is 4.90 Å². The van der Waals surface area contributed by atoms with Gasteiger partial charge in [-0.1, -0.05) is 54.6 Å². The van der Waals surface area contributed by atoms with E-state index in [1.54, 1.807) is 42.5 Å². The Morgan fingerprint density at radius 3 is 2.06 bits per heavy atom. The number of hydrogen-bond donors (Lipinski definition) is 0. The molecule has 31 heavy (non-hydrogen) atoms. The van der Waals surface area contributed by atoms with Crippen LogP contribution in [0.5, 0.6) is 0 Å². The zero-order valence-corrected chi connectivity index (χ0v) is 18.2. The number of hydrogen-bond acceptors (Lipinski definition) is 4. The lowest BCUT2D eigenvalue weighted by atomic mass is 9.51. The van der Waals surface area contributed by atoms with Crippen molar-refractivity contribution >= 4 is 40.1 Å². The molecule has 3 aliphatic carbocycles. The molecule has 3 aromatic carbocycles. The van der Waals surface area contributed by atoms with Gasteiger partial charge < -0.3 is 0 Å². The molecule has 3 aromatic rings. The van der Waals surface area contributed by atoms with E-state index >= 15 is 0 Å². The third-order valence-electron chi connectivity index (χ3n) is 6.93. The molecule has 0 radical (unpaired) electrons. The van der Waals surface area contributed by atoms with Gasteiger partial charge in [0.25, 0.3) is 5.54 Å². The molecule has 6 nitrogen and oxygen atoms in total. The molecule has 2 bridgehead atoms. The zero-order valence-electron chi connectivity index (χ0n) is 16.1. The van der Waals surface area contributed by atoms with E-state index in [1.165, 1.54) is 4.90 Å². The quantitative estimate of drug-likeness (QED) is 0.220. The van der Waals surface area contributed by atoms with Crippen molar-refractivity contribution in [2.75, 3.05) is 4.90 Å². The van der Waals surface area contributed by atoms with Gasteiger partial charge in [0.1, 0.15) is 5.92 Å². The molecule has 1 saturated heterocycles. The van der Waals surface area contributed by atoms with Crippen LogP contribution < -0.4 is 4.90 Å². The van der Waals surface area contributed by atoms with Crippen molar-refractivity contribution < 1.29 is 14.5 Å².